The van der Waals surface area contributed by atoms with Gasteiger partial charge in [0.1, 0.15) is 5.75 Å². The number of ether oxygens (including phenoxy) is 2. The fraction of sp³-hybridized carbons (Fsp3) is 0.682. The Morgan fingerprint density at radius 3 is 2.93 bits per heavy atom. The first-order chi connectivity index (χ1) is 14.2. The summed E-state index contributed by atoms with van der Waals surface area (Å²) in [7, 11) is 1.72. The monoisotopic (exact) mass is 420 g/mol. The Morgan fingerprint density at radius 2 is 2.21 bits per heavy atom. The summed E-state index contributed by atoms with van der Waals surface area (Å²) in [6, 6.07) is 8.73. The molecule has 0 spiro atoms. The van der Waals surface area contributed by atoms with E-state index in [0.717, 1.165) is 70.4 Å². The number of hydrogen-bond acceptors (Lipinski definition) is 5. The molecule has 29 heavy (non-hydrogen) atoms. The number of hydrogen-bond donors (Lipinski definition) is 2. The second kappa shape index (κ2) is 11.0. The summed E-state index contributed by atoms with van der Waals surface area (Å²) >= 11 is 1.94. The number of rotatable bonds is 7. The highest BCUT2D eigenvalue weighted by Gasteiger charge is 2.32. The molecule has 0 saturated carbocycles. The third-order valence-electron chi connectivity index (χ3n) is 5.89. The fourth-order valence-corrected chi connectivity index (χ4v) is 4.81. The summed E-state index contributed by atoms with van der Waals surface area (Å²) in [4.78, 5) is 7.42. The Balaban J connectivity index is 1.63. The van der Waals surface area contributed by atoms with Crippen LogP contribution in [0.4, 0.5) is 5.69 Å². The third kappa shape index (κ3) is 6.19. The molecule has 2 saturated heterocycles. The van der Waals surface area contributed by atoms with E-state index in [2.05, 4.69) is 46.9 Å². The van der Waals surface area contributed by atoms with Gasteiger partial charge in [-0.05, 0) is 51.0 Å². The second-order valence-electron chi connectivity index (χ2n) is 7.83. The van der Waals surface area contributed by atoms with Gasteiger partial charge >= 0.3 is 0 Å². The van der Waals surface area contributed by atoms with Crippen molar-refractivity contribution in [2.45, 2.75) is 43.4 Å². The van der Waals surface area contributed by atoms with E-state index in [0.29, 0.717) is 6.04 Å². The molecule has 2 fully saturated rings. The molecule has 0 amide bonds. The first-order valence-electron chi connectivity index (χ1n) is 10.7. The molecule has 2 N–H and O–H groups in total. The summed E-state index contributed by atoms with van der Waals surface area (Å²) in [5, 5.41) is 7.14. The highest BCUT2D eigenvalue weighted by atomic mass is 32.2. The summed E-state index contributed by atoms with van der Waals surface area (Å²) in [6.45, 7) is 7.57. The Hall–Kier alpha value is -1.60. The number of nitrogens with one attached hydrogen (secondary N) is 2. The summed E-state index contributed by atoms with van der Waals surface area (Å²) in [5.74, 6) is 1.84. The lowest BCUT2D eigenvalue weighted by atomic mass is 9.99. The van der Waals surface area contributed by atoms with Gasteiger partial charge in [0.15, 0.2) is 5.96 Å². The predicted molar refractivity (Wildman–Crippen MR) is 124 cm³/mol. The van der Waals surface area contributed by atoms with Crippen LogP contribution in [0.25, 0.3) is 0 Å². The van der Waals surface area contributed by atoms with Crippen molar-refractivity contribution in [1.29, 1.82) is 0 Å². The Bertz CT molecular complexity index is 664. The van der Waals surface area contributed by atoms with Gasteiger partial charge in [0.05, 0.1) is 13.7 Å². The van der Waals surface area contributed by atoms with E-state index >= 15 is 0 Å². The molecule has 1 aromatic carbocycles. The average Bonchev–Trinajstić information content (AvgIpc) is 2.78. The molecule has 162 valence electrons. The number of thioether (sulfide) groups is 1. The first kappa shape index (κ1) is 22.1. The zero-order valence-corrected chi connectivity index (χ0v) is 18.9. The molecule has 6 nitrogen and oxygen atoms in total. The van der Waals surface area contributed by atoms with Crippen LogP contribution in [-0.4, -0.2) is 69.5 Å². The summed E-state index contributed by atoms with van der Waals surface area (Å²) in [6.07, 6.45) is 6.68. The van der Waals surface area contributed by atoms with Crippen molar-refractivity contribution in [3.63, 3.8) is 0 Å². The van der Waals surface area contributed by atoms with Crippen molar-refractivity contribution in [1.82, 2.24) is 10.6 Å². The van der Waals surface area contributed by atoms with E-state index < -0.39 is 0 Å². The van der Waals surface area contributed by atoms with Crippen molar-refractivity contribution in [2.24, 2.45) is 4.99 Å². The molecule has 2 aliphatic rings. The predicted octanol–water partition coefficient (Wildman–Crippen LogP) is 3.13. The Morgan fingerprint density at radius 1 is 1.38 bits per heavy atom. The van der Waals surface area contributed by atoms with E-state index in [1.807, 2.05) is 17.8 Å². The van der Waals surface area contributed by atoms with Crippen molar-refractivity contribution < 1.29 is 9.47 Å². The van der Waals surface area contributed by atoms with Gasteiger partial charge in [-0.2, -0.15) is 11.8 Å². The maximum atomic E-state index is 5.57. The van der Waals surface area contributed by atoms with Gasteiger partial charge in [0.25, 0.3) is 0 Å². The lowest BCUT2D eigenvalue weighted by Crippen LogP contribution is -2.51. The van der Waals surface area contributed by atoms with Crippen molar-refractivity contribution in [3.8, 4) is 5.75 Å². The maximum Gasteiger partial charge on any atom is 0.191 e. The van der Waals surface area contributed by atoms with Crippen molar-refractivity contribution >= 4 is 23.4 Å². The van der Waals surface area contributed by atoms with Crippen molar-refractivity contribution in [2.75, 3.05) is 57.7 Å². The number of benzene rings is 1. The fourth-order valence-electron chi connectivity index (χ4n) is 4.04. The van der Waals surface area contributed by atoms with Crippen LogP contribution in [0.1, 0.15) is 32.6 Å². The molecule has 1 atom stereocenters. The first-order valence-corrected chi connectivity index (χ1v) is 12.0. The molecule has 2 aliphatic heterocycles. The Kier molecular flexibility index (Phi) is 8.36. The quantitative estimate of drug-likeness (QED) is 0.522. The normalized spacial score (nSPS) is 22.2. The van der Waals surface area contributed by atoms with Gasteiger partial charge in [0.2, 0.25) is 0 Å². The van der Waals surface area contributed by atoms with Crippen LogP contribution < -0.4 is 20.3 Å². The van der Waals surface area contributed by atoms with Gasteiger partial charge < -0.3 is 25.0 Å². The average molecular weight is 421 g/mol. The molecular formula is C22H36N4O2S. The third-order valence-corrected chi connectivity index (χ3v) is 7.29. The van der Waals surface area contributed by atoms with E-state index in [1.54, 1.807) is 7.11 Å². The van der Waals surface area contributed by atoms with Crippen LogP contribution in [-0.2, 0) is 4.74 Å². The minimum Gasteiger partial charge on any atom is -0.497 e. The molecule has 0 aromatic heterocycles. The highest BCUT2D eigenvalue weighted by molar-refractivity contribution is 8.00. The summed E-state index contributed by atoms with van der Waals surface area (Å²) < 4.78 is 11.2. The minimum atomic E-state index is 0.208. The molecule has 3 rings (SSSR count). The van der Waals surface area contributed by atoms with Gasteiger partial charge in [-0.15, -0.1) is 0 Å². The van der Waals surface area contributed by atoms with Gasteiger partial charge in [-0.25, -0.2) is 0 Å². The van der Waals surface area contributed by atoms with Gasteiger partial charge in [-0.1, -0.05) is 6.07 Å². The number of piperidine rings is 1. The number of aliphatic imine (C=N–C) groups is 1. The largest absolute Gasteiger partial charge is 0.497 e. The molecule has 0 radical (unpaired) electrons. The van der Waals surface area contributed by atoms with Crippen LogP contribution in [0.15, 0.2) is 29.3 Å². The molecule has 1 unspecified atom stereocenters. The van der Waals surface area contributed by atoms with Crippen molar-refractivity contribution in [3.05, 3.63) is 24.3 Å². The SMILES string of the molecule is CCNC(=NCC1(SC)CCOCC1)NC1CCCN(c2cccc(OC)c2)C1. The number of anilines is 1. The van der Waals surface area contributed by atoms with Crippen LogP contribution in [0, 0.1) is 0 Å². The zero-order chi connectivity index (χ0) is 20.5. The maximum absolute atomic E-state index is 5.57. The van der Waals surface area contributed by atoms with Crippen LogP contribution in [0.2, 0.25) is 0 Å². The van der Waals surface area contributed by atoms with E-state index in [4.69, 9.17) is 14.5 Å². The summed E-state index contributed by atoms with van der Waals surface area (Å²) in [5.41, 5.74) is 1.22. The molecule has 0 bridgehead atoms. The molecule has 7 heteroatoms. The number of nitrogens with zero attached hydrogens (tertiary/aromatic N) is 2. The smallest absolute Gasteiger partial charge is 0.191 e. The zero-order valence-electron chi connectivity index (χ0n) is 18.1. The minimum absolute atomic E-state index is 0.208. The number of guanidine groups is 1. The standard InChI is InChI=1S/C22H36N4O2S/c1-4-23-21(24-17-22(29-3)10-13-28-14-11-22)25-18-7-6-12-26(16-18)19-8-5-9-20(15-19)27-2/h5,8-9,15,18H,4,6-7,10-14,16-17H2,1-3H3,(H2,23,24,25). The highest BCUT2D eigenvalue weighted by Crippen LogP contribution is 2.34. The topological polar surface area (TPSA) is 58.1 Å². The Labute approximate surface area is 179 Å². The molecule has 2 heterocycles. The van der Waals surface area contributed by atoms with E-state index in [9.17, 15) is 0 Å². The molecule has 1 aromatic rings. The molecule has 0 aliphatic carbocycles. The van der Waals surface area contributed by atoms with Gasteiger partial charge in [0, 0.05) is 55.4 Å². The van der Waals surface area contributed by atoms with E-state index in [-0.39, 0.29) is 4.75 Å². The van der Waals surface area contributed by atoms with Gasteiger partial charge in [-0.3, -0.25) is 4.99 Å². The van der Waals surface area contributed by atoms with Crippen LogP contribution in [0.5, 0.6) is 5.75 Å². The second-order valence-corrected chi connectivity index (χ2v) is 9.10. The molecular weight excluding hydrogens is 384 g/mol. The number of methoxy groups -OCH3 is 1. The van der Waals surface area contributed by atoms with Crippen LogP contribution in [0.3, 0.4) is 0 Å². The van der Waals surface area contributed by atoms with Crippen LogP contribution >= 0.6 is 11.8 Å². The van der Waals surface area contributed by atoms with E-state index in [1.165, 1.54) is 12.1 Å². The lowest BCUT2D eigenvalue weighted by Gasteiger charge is -2.36. The lowest BCUT2D eigenvalue weighted by molar-refractivity contribution is 0.0794.